The molecular formula is C29H20BrClNO+. The van der Waals surface area contributed by atoms with E-state index in [0.717, 1.165) is 43.8 Å². The summed E-state index contributed by atoms with van der Waals surface area (Å²) in [6.45, 7) is 0. The van der Waals surface area contributed by atoms with E-state index >= 15 is 0 Å². The first-order chi connectivity index (χ1) is 16.1. The van der Waals surface area contributed by atoms with Gasteiger partial charge in [-0.3, -0.25) is 0 Å². The van der Waals surface area contributed by atoms with E-state index in [1.807, 2.05) is 42.5 Å². The summed E-state index contributed by atoms with van der Waals surface area (Å²) in [5, 5.41) is 10.4. The van der Waals surface area contributed by atoms with Crippen molar-refractivity contribution in [2.24, 2.45) is 0 Å². The number of aromatic hydroxyl groups is 1. The molecule has 4 heteroatoms. The van der Waals surface area contributed by atoms with Gasteiger partial charge in [-0.2, -0.15) is 4.57 Å². The Morgan fingerprint density at radius 1 is 0.576 bits per heavy atom. The minimum absolute atomic E-state index is 0.0633. The summed E-state index contributed by atoms with van der Waals surface area (Å²) in [5.74, 6) is 0.0633. The first-order valence-corrected chi connectivity index (χ1v) is 11.7. The van der Waals surface area contributed by atoms with E-state index in [9.17, 15) is 5.11 Å². The van der Waals surface area contributed by atoms with Gasteiger partial charge < -0.3 is 5.11 Å². The maximum Gasteiger partial charge on any atom is 0.219 e. The van der Waals surface area contributed by atoms with Crippen LogP contribution in [0.2, 0.25) is 5.02 Å². The van der Waals surface area contributed by atoms with Gasteiger partial charge in [0.15, 0.2) is 0 Å². The first kappa shape index (κ1) is 21.4. The van der Waals surface area contributed by atoms with Crippen molar-refractivity contribution in [1.82, 2.24) is 0 Å². The number of aromatic nitrogens is 1. The average molecular weight is 514 g/mol. The van der Waals surface area contributed by atoms with Gasteiger partial charge in [0.1, 0.15) is 5.75 Å². The molecule has 0 aliphatic rings. The highest BCUT2D eigenvalue weighted by atomic mass is 79.9. The summed E-state index contributed by atoms with van der Waals surface area (Å²) in [7, 11) is 0. The lowest BCUT2D eigenvalue weighted by Gasteiger charge is -2.13. The molecule has 0 saturated heterocycles. The Kier molecular flexibility index (Phi) is 5.99. The molecule has 0 fully saturated rings. The van der Waals surface area contributed by atoms with Gasteiger partial charge in [0.2, 0.25) is 17.1 Å². The van der Waals surface area contributed by atoms with Gasteiger partial charge >= 0.3 is 0 Å². The van der Waals surface area contributed by atoms with Crippen LogP contribution < -0.4 is 4.57 Å². The van der Waals surface area contributed by atoms with Crippen molar-refractivity contribution in [3.05, 3.63) is 125 Å². The van der Waals surface area contributed by atoms with Gasteiger partial charge in [0.25, 0.3) is 0 Å². The van der Waals surface area contributed by atoms with E-state index in [1.54, 1.807) is 12.1 Å². The molecule has 2 nitrogen and oxygen atoms in total. The maximum atomic E-state index is 10.0. The number of rotatable bonds is 4. The SMILES string of the molecule is Oc1ccc(-[n+]2c(-c3ccccc3)cc(-c3ccccc3)cc2-c2ccc(Br)cc2)cc1Cl. The summed E-state index contributed by atoms with van der Waals surface area (Å²) in [6.07, 6.45) is 0. The van der Waals surface area contributed by atoms with E-state index in [4.69, 9.17) is 11.6 Å². The molecule has 0 aliphatic carbocycles. The number of pyridine rings is 1. The second kappa shape index (κ2) is 9.22. The molecule has 5 aromatic rings. The lowest BCUT2D eigenvalue weighted by Crippen LogP contribution is -2.36. The van der Waals surface area contributed by atoms with Gasteiger partial charge in [0, 0.05) is 39.9 Å². The normalized spacial score (nSPS) is 10.8. The van der Waals surface area contributed by atoms with E-state index in [-0.39, 0.29) is 5.75 Å². The summed E-state index contributed by atoms with van der Waals surface area (Å²) in [5.41, 5.74) is 7.32. The summed E-state index contributed by atoms with van der Waals surface area (Å²) in [4.78, 5) is 0. The maximum absolute atomic E-state index is 10.0. The fraction of sp³-hybridized carbons (Fsp3) is 0. The van der Waals surface area contributed by atoms with Crippen molar-refractivity contribution >= 4 is 27.5 Å². The second-order valence-electron chi connectivity index (χ2n) is 7.72. The Hall–Kier alpha value is -3.40. The van der Waals surface area contributed by atoms with Crippen LogP contribution in [0.5, 0.6) is 5.75 Å². The number of phenols is 1. The third-order valence-electron chi connectivity index (χ3n) is 5.57. The van der Waals surface area contributed by atoms with Gasteiger partial charge in [0.05, 0.1) is 5.02 Å². The Bertz CT molecular complexity index is 1420. The number of halogens is 2. The fourth-order valence-electron chi connectivity index (χ4n) is 3.96. The van der Waals surface area contributed by atoms with Crippen molar-refractivity contribution in [2.75, 3.05) is 0 Å². The standard InChI is InChI=1S/C29H19BrClNO/c30-24-13-11-22(12-14-24)28-18-23(20-7-3-1-4-8-20)17-27(21-9-5-2-6-10-21)32(28)25-15-16-29(33)26(31)19-25/h1-19H/p+1. The van der Waals surface area contributed by atoms with Crippen LogP contribution in [0.4, 0.5) is 0 Å². The van der Waals surface area contributed by atoms with Crippen molar-refractivity contribution in [3.8, 4) is 45.1 Å². The fourth-order valence-corrected chi connectivity index (χ4v) is 4.40. The topological polar surface area (TPSA) is 24.1 Å². The predicted molar refractivity (Wildman–Crippen MR) is 139 cm³/mol. The van der Waals surface area contributed by atoms with Crippen molar-refractivity contribution < 1.29 is 9.67 Å². The first-order valence-electron chi connectivity index (χ1n) is 10.6. The molecule has 160 valence electrons. The summed E-state index contributed by atoms with van der Waals surface area (Å²) >= 11 is 9.89. The lowest BCUT2D eigenvalue weighted by atomic mass is 9.98. The van der Waals surface area contributed by atoms with E-state index in [2.05, 4.69) is 81.2 Å². The molecule has 1 heterocycles. The molecule has 0 spiro atoms. The van der Waals surface area contributed by atoms with E-state index in [1.165, 1.54) is 0 Å². The Balaban J connectivity index is 1.88. The Morgan fingerprint density at radius 2 is 1.12 bits per heavy atom. The van der Waals surface area contributed by atoms with Crippen LogP contribution in [0.15, 0.2) is 120 Å². The third-order valence-corrected chi connectivity index (χ3v) is 6.40. The minimum atomic E-state index is 0.0633. The lowest BCUT2D eigenvalue weighted by molar-refractivity contribution is -0.572. The molecule has 0 saturated carbocycles. The van der Waals surface area contributed by atoms with E-state index in [0.29, 0.717) is 5.02 Å². The third kappa shape index (κ3) is 4.43. The van der Waals surface area contributed by atoms with Crippen LogP contribution in [-0.2, 0) is 0 Å². The van der Waals surface area contributed by atoms with Crippen molar-refractivity contribution in [2.45, 2.75) is 0 Å². The highest BCUT2D eigenvalue weighted by molar-refractivity contribution is 9.10. The zero-order chi connectivity index (χ0) is 22.8. The predicted octanol–water partition coefficient (Wildman–Crippen LogP) is 8.09. The van der Waals surface area contributed by atoms with Crippen LogP contribution in [0.3, 0.4) is 0 Å². The molecule has 5 rings (SSSR count). The van der Waals surface area contributed by atoms with E-state index < -0.39 is 0 Å². The zero-order valence-corrected chi connectivity index (χ0v) is 20.0. The minimum Gasteiger partial charge on any atom is -0.506 e. The monoisotopic (exact) mass is 512 g/mol. The number of benzene rings is 4. The molecule has 1 aromatic heterocycles. The largest absolute Gasteiger partial charge is 0.506 e. The molecule has 0 atom stereocenters. The van der Waals surface area contributed by atoms with Gasteiger partial charge in [-0.15, -0.1) is 0 Å². The number of hydrogen-bond acceptors (Lipinski definition) is 1. The second-order valence-corrected chi connectivity index (χ2v) is 9.05. The molecular weight excluding hydrogens is 494 g/mol. The molecule has 0 bridgehead atoms. The molecule has 33 heavy (non-hydrogen) atoms. The van der Waals surface area contributed by atoms with Crippen molar-refractivity contribution in [3.63, 3.8) is 0 Å². The molecule has 0 unspecified atom stereocenters. The average Bonchev–Trinajstić information content (AvgIpc) is 2.86. The van der Waals surface area contributed by atoms with Crippen molar-refractivity contribution in [1.29, 1.82) is 0 Å². The van der Waals surface area contributed by atoms with Gasteiger partial charge in [-0.25, -0.2) is 0 Å². The molecule has 0 aliphatic heterocycles. The van der Waals surface area contributed by atoms with Gasteiger partial charge in [-0.05, 0) is 53.6 Å². The van der Waals surface area contributed by atoms with Crippen LogP contribution in [0.1, 0.15) is 0 Å². The van der Waals surface area contributed by atoms with Crippen LogP contribution in [-0.4, -0.2) is 5.11 Å². The van der Waals surface area contributed by atoms with Crippen LogP contribution in [0, 0.1) is 0 Å². The smallest absolute Gasteiger partial charge is 0.219 e. The molecule has 1 N–H and O–H groups in total. The number of phenolic OH excluding ortho intramolecular Hbond substituents is 1. The Labute approximate surface area is 206 Å². The molecule has 4 aromatic carbocycles. The van der Waals surface area contributed by atoms with Crippen LogP contribution >= 0.6 is 27.5 Å². The quantitative estimate of drug-likeness (QED) is 0.241. The number of hydrogen-bond donors (Lipinski definition) is 1. The zero-order valence-electron chi connectivity index (χ0n) is 17.6. The summed E-state index contributed by atoms with van der Waals surface area (Å²) in [6, 6.07) is 38.7. The molecule has 0 radical (unpaired) electrons. The summed E-state index contributed by atoms with van der Waals surface area (Å²) < 4.78 is 3.21. The highest BCUT2D eigenvalue weighted by Crippen LogP contribution is 2.32. The Morgan fingerprint density at radius 3 is 1.70 bits per heavy atom. The van der Waals surface area contributed by atoms with Gasteiger partial charge in [-0.1, -0.05) is 76.1 Å². The van der Waals surface area contributed by atoms with Crippen LogP contribution in [0.25, 0.3) is 39.3 Å². The molecule has 0 amide bonds. The number of nitrogens with zero attached hydrogens (tertiary/aromatic N) is 1. The highest BCUT2D eigenvalue weighted by Gasteiger charge is 2.25.